The molecule has 1 aliphatic rings. The minimum atomic E-state index is 0.350. The zero-order valence-corrected chi connectivity index (χ0v) is 13.5. The standard InChI is InChI=1S/C18H20N2OS/c1-21-13-6-7-16-14(11-13)15(12-19-16)18(17-5-4-10-22-17)20-8-2-3-9-20/h4-7,10-12,18-19H,2-3,8-9H2,1H3. The molecule has 1 fully saturated rings. The lowest BCUT2D eigenvalue weighted by Gasteiger charge is -2.26. The van der Waals surface area contributed by atoms with Crippen molar-refractivity contribution in [3.05, 3.63) is 52.3 Å². The van der Waals surface area contributed by atoms with Crippen molar-refractivity contribution in [2.45, 2.75) is 18.9 Å². The third kappa shape index (κ3) is 2.32. The van der Waals surface area contributed by atoms with Gasteiger partial charge < -0.3 is 9.72 Å². The summed E-state index contributed by atoms with van der Waals surface area (Å²) in [6.07, 6.45) is 4.77. The highest BCUT2D eigenvalue weighted by Crippen LogP contribution is 2.38. The third-order valence-electron chi connectivity index (χ3n) is 4.53. The average molecular weight is 312 g/mol. The molecule has 4 heteroatoms. The molecule has 1 aromatic carbocycles. The lowest BCUT2D eigenvalue weighted by Crippen LogP contribution is -2.25. The van der Waals surface area contributed by atoms with Gasteiger partial charge in [0.2, 0.25) is 0 Å². The molecule has 0 saturated carbocycles. The summed E-state index contributed by atoms with van der Waals surface area (Å²) >= 11 is 1.85. The normalized spacial score (nSPS) is 17.1. The highest BCUT2D eigenvalue weighted by atomic mass is 32.1. The predicted octanol–water partition coefficient (Wildman–Crippen LogP) is 4.42. The van der Waals surface area contributed by atoms with Crippen molar-refractivity contribution in [2.24, 2.45) is 0 Å². The van der Waals surface area contributed by atoms with Gasteiger partial charge in [0.25, 0.3) is 0 Å². The van der Waals surface area contributed by atoms with Gasteiger partial charge in [-0.05, 0) is 61.1 Å². The molecular weight excluding hydrogens is 292 g/mol. The Bertz CT molecular complexity index is 757. The number of methoxy groups -OCH3 is 1. The molecule has 3 aromatic rings. The van der Waals surface area contributed by atoms with Gasteiger partial charge in [0.15, 0.2) is 0 Å². The zero-order valence-electron chi connectivity index (χ0n) is 12.7. The Labute approximate surface area is 134 Å². The number of nitrogens with one attached hydrogen (secondary N) is 1. The van der Waals surface area contributed by atoms with E-state index in [9.17, 15) is 0 Å². The SMILES string of the molecule is COc1ccc2[nH]cc(C(c3cccs3)N3CCCC3)c2c1. The Hall–Kier alpha value is -1.78. The van der Waals surface area contributed by atoms with Crippen molar-refractivity contribution >= 4 is 22.2 Å². The van der Waals surface area contributed by atoms with Gasteiger partial charge >= 0.3 is 0 Å². The van der Waals surface area contributed by atoms with Crippen LogP contribution in [0.2, 0.25) is 0 Å². The van der Waals surface area contributed by atoms with Crippen LogP contribution in [0.1, 0.15) is 29.3 Å². The first-order chi connectivity index (χ1) is 10.9. The van der Waals surface area contributed by atoms with Crippen molar-refractivity contribution in [3.63, 3.8) is 0 Å². The number of thiophene rings is 1. The summed E-state index contributed by atoms with van der Waals surface area (Å²) in [6, 6.07) is 11.0. The van der Waals surface area contributed by atoms with Crippen molar-refractivity contribution < 1.29 is 4.74 Å². The van der Waals surface area contributed by atoms with Crippen LogP contribution in [0.15, 0.2) is 41.9 Å². The van der Waals surface area contributed by atoms with Crippen LogP contribution < -0.4 is 4.74 Å². The number of aromatic nitrogens is 1. The van der Waals surface area contributed by atoms with Crippen molar-refractivity contribution in [2.75, 3.05) is 20.2 Å². The van der Waals surface area contributed by atoms with Gasteiger partial charge in [-0.2, -0.15) is 0 Å². The van der Waals surface area contributed by atoms with Crippen LogP contribution in [-0.2, 0) is 0 Å². The van der Waals surface area contributed by atoms with E-state index < -0.39 is 0 Å². The largest absolute Gasteiger partial charge is 0.497 e. The molecule has 0 aliphatic carbocycles. The number of aromatic amines is 1. The van der Waals surface area contributed by atoms with Gasteiger partial charge in [-0.25, -0.2) is 0 Å². The molecule has 2 aromatic heterocycles. The minimum Gasteiger partial charge on any atom is -0.497 e. The number of rotatable bonds is 4. The van der Waals surface area contributed by atoms with Crippen LogP contribution in [0.5, 0.6) is 5.75 Å². The molecule has 0 radical (unpaired) electrons. The minimum absolute atomic E-state index is 0.350. The molecule has 22 heavy (non-hydrogen) atoms. The van der Waals surface area contributed by atoms with Crippen LogP contribution in [-0.4, -0.2) is 30.1 Å². The van der Waals surface area contributed by atoms with E-state index in [0.717, 1.165) is 5.75 Å². The van der Waals surface area contributed by atoms with Crippen molar-refractivity contribution in [3.8, 4) is 5.75 Å². The quantitative estimate of drug-likeness (QED) is 0.772. The monoisotopic (exact) mass is 312 g/mol. The number of benzene rings is 1. The van der Waals surface area contributed by atoms with Gasteiger partial charge in [0, 0.05) is 22.0 Å². The van der Waals surface area contributed by atoms with Crippen LogP contribution in [0, 0.1) is 0 Å². The fourth-order valence-corrected chi connectivity index (χ4v) is 4.33. The van der Waals surface area contributed by atoms with Crippen molar-refractivity contribution in [1.82, 2.24) is 9.88 Å². The lowest BCUT2D eigenvalue weighted by atomic mass is 10.0. The predicted molar refractivity (Wildman–Crippen MR) is 91.8 cm³/mol. The summed E-state index contributed by atoms with van der Waals surface area (Å²) < 4.78 is 5.42. The molecule has 1 aliphatic heterocycles. The first kappa shape index (κ1) is 13.9. The molecule has 1 saturated heterocycles. The molecule has 0 bridgehead atoms. The molecule has 0 spiro atoms. The second-order valence-electron chi connectivity index (χ2n) is 5.82. The summed E-state index contributed by atoms with van der Waals surface area (Å²) in [7, 11) is 1.73. The Morgan fingerprint density at radius 3 is 2.82 bits per heavy atom. The molecule has 114 valence electrons. The van der Waals surface area contributed by atoms with E-state index >= 15 is 0 Å². The summed E-state index contributed by atoms with van der Waals surface area (Å²) in [5, 5.41) is 3.44. The van der Waals surface area contributed by atoms with E-state index in [0.29, 0.717) is 6.04 Å². The number of hydrogen-bond acceptors (Lipinski definition) is 3. The third-order valence-corrected chi connectivity index (χ3v) is 5.46. The smallest absolute Gasteiger partial charge is 0.119 e. The van der Waals surface area contributed by atoms with Gasteiger partial charge in [-0.15, -0.1) is 11.3 Å². The molecule has 0 amide bonds. The summed E-state index contributed by atoms with van der Waals surface area (Å²) in [6.45, 7) is 2.36. The number of nitrogens with zero attached hydrogens (tertiary/aromatic N) is 1. The number of fused-ring (bicyclic) bond motifs is 1. The van der Waals surface area contributed by atoms with E-state index in [4.69, 9.17) is 4.74 Å². The van der Waals surface area contributed by atoms with Gasteiger partial charge in [-0.3, -0.25) is 4.90 Å². The lowest BCUT2D eigenvalue weighted by molar-refractivity contribution is 0.286. The summed E-state index contributed by atoms with van der Waals surface area (Å²) in [5.41, 5.74) is 2.54. The number of ether oxygens (including phenoxy) is 1. The van der Waals surface area contributed by atoms with E-state index in [1.807, 2.05) is 17.4 Å². The second-order valence-corrected chi connectivity index (χ2v) is 6.80. The number of likely N-dealkylation sites (tertiary alicyclic amines) is 1. The van der Waals surface area contributed by atoms with E-state index in [1.165, 1.54) is 47.3 Å². The Morgan fingerprint density at radius 1 is 1.23 bits per heavy atom. The maximum Gasteiger partial charge on any atom is 0.119 e. The Morgan fingerprint density at radius 2 is 2.09 bits per heavy atom. The first-order valence-electron chi connectivity index (χ1n) is 7.79. The molecule has 1 N–H and O–H groups in total. The highest BCUT2D eigenvalue weighted by molar-refractivity contribution is 7.10. The summed E-state index contributed by atoms with van der Waals surface area (Å²) in [5.74, 6) is 0.916. The Kier molecular flexibility index (Phi) is 3.64. The maximum atomic E-state index is 5.42. The second kappa shape index (κ2) is 5.78. The number of H-pyrrole nitrogens is 1. The van der Waals surface area contributed by atoms with Crippen LogP contribution in [0.4, 0.5) is 0 Å². The topological polar surface area (TPSA) is 28.3 Å². The van der Waals surface area contributed by atoms with Gasteiger partial charge in [-0.1, -0.05) is 6.07 Å². The van der Waals surface area contributed by atoms with Crippen LogP contribution >= 0.6 is 11.3 Å². The summed E-state index contributed by atoms with van der Waals surface area (Å²) in [4.78, 5) is 7.45. The Balaban J connectivity index is 1.85. The molecular formula is C18H20N2OS. The van der Waals surface area contributed by atoms with Gasteiger partial charge in [0.05, 0.1) is 13.2 Å². The average Bonchev–Trinajstić information content (AvgIpc) is 3.30. The fraction of sp³-hybridized carbons (Fsp3) is 0.333. The van der Waals surface area contributed by atoms with E-state index in [1.54, 1.807) is 7.11 Å². The van der Waals surface area contributed by atoms with Crippen LogP contribution in [0.25, 0.3) is 10.9 Å². The molecule has 3 nitrogen and oxygen atoms in total. The van der Waals surface area contributed by atoms with E-state index in [-0.39, 0.29) is 0 Å². The van der Waals surface area contributed by atoms with Crippen LogP contribution in [0.3, 0.4) is 0 Å². The molecule has 1 atom stereocenters. The maximum absolute atomic E-state index is 5.42. The highest BCUT2D eigenvalue weighted by Gasteiger charge is 2.27. The molecule has 4 rings (SSSR count). The number of hydrogen-bond donors (Lipinski definition) is 1. The van der Waals surface area contributed by atoms with Gasteiger partial charge in [0.1, 0.15) is 5.75 Å². The fourth-order valence-electron chi connectivity index (χ4n) is 3.45. The van der Waals surface area contributed by atoms with Crippen molar-refractivity contribution in [1.29, 1.82) is 0 Å². The first-order valence-corrected chi connectivity index (χ1v) is 8.67. The molecule has 3 heterocycles. The molecule has 1 unspecified atom stereocenters. The van der Waals surface area contributed by atoms with E-state index in [2.05, 4.69) is 45.7 Å². The zero-order chi connectivity index (χ0) is 14.9.